The van der Waals surface area contributed by atoms with E-state index in [9.17, 15) is 0 Å². The second-order valence-electron chi connectivity index (χ2n) is 5.61. The molecule has 22 heavy (non-hydrogen) atoms. The summed E-state index contributed by atoms with van der Waals surface area (Å²) in [6.45, 7) is 6.07. The van der Waals surface area contributed by atoms with E-state index in [4.69, 9.17) is 9.97 Å². The summed E-state index contributed by atoms with van der Waals surface area (Å²) >= 11 is 0. The highest BCUT2D eigenvalue weighted by Crippen LogP contribution is 2.30. The Morgan fingerprint density at radius 2 is 1.64 bits per heavy atom. The molecule has 0 fully saturated rings. The van der Waals surface area contributed by atoms with Crippen molar-refractivity contribution in [2.45, 2.75) is 6.92 Å². The summed E-state index contributed by atoms with van der Waals surface area (Å²) in [6, 6.07) is 16.2. The van der Waals surface area contributed by atoms with Crippen LogP contribution in [0.5, 0.6) is 0 Å². The number of nitrogens with zero attached hydrogens (tertiary/aromatic N) is 3. The highest BCUT2D eigenvalue weighted by molar-refractivity contribution is 5.91. The number of fused-ring (bicyclic) bond motifs is 1. The quantitative estimate of drug-likeness (QED) is 0.715. The van der Waals surface area contributed by atoms with Crippen molar-refractivity contribution in [1.29, 1.82) is 0 Å². The molecule has 1 aromatic heterocycles. The first kappa shape index (κ1) is 14.3. The molecule has 2 aromatic carbocycles. The van der Waals surface area contributed by atoms with Crippen LogP contribution in [-0.2, 0) is 0 Å². The number of anilines is 1. The maximum absolute atomic E-state index is 4.79. The lowest BCUT2D eigenvalue weighted by Crippen LogP contribution is -2.12. The fraction of sp³-hybridized carbons (Fsp3) is 0.158. The van der Waals surface area contributed by atoms with Gasteiger partial charge in [0.1, 0.15) is 5.82 Å². The van der Waals surface area contributed by atoms with Crippen LogP contribution in [0.15, 0.2) is 55.1 Å². The average Bonchev–Trinajstić information content (AvgIpc) is 2.53. The van der Waals surface area contributed by atoms with Gasteiger partial charge in [-0.1, -0.05) is 48.6 Å². The van der Waals surface area contributed by atoms with Crippen molar-refractivity contribution in [1.82, 2.24) is 9.97 Å². The standard InChI is InChI=1S/C19H19N3/c1-13(2)14-9-5-6-10-15(14)18-20-17-12-8-7-11-16(17)19(21-18)22(3)4/h5-12H,1H2,2-4H3. The van der Waals surface area contributed by atoms with Crippen LogP contribution < -0.4 is 4.90 Å². The SMILES string of the molecule is C=C(C)c1ccccc1-c1nc(N(C)C)c2ccccc2n1. The molecule has 0 radical (unpaired) electrons. The largest absolute Gasteiger partial charge is 0.362 e. The first-order chi connectivity index (χ1) is 10.6. The minimum absolute atomic E-state index is 0.737. The minimum Gasteiger partial charge on any atom is -0.362 e. The van der Waals surface area contributed by atoms with Gasteiger partial charge in [-0.2, -0.15) is 0 Å². The average molecular weight is 289 g/mol. The fourth-order valence-corrected chi connectivity index (χ4v) is 2.57. The fourth-order valence-electron chi connectivity index (χ4n) is 2.57. The Balaban J connectivity index is 2.31. The second kappa shape index (κ2) is 5.60. The molecule has 0 aliphatic carbocycles. The van der Waals surface area contributed by atoms with Crippen molar-refractivity contribution in [3.8, 4) is 11.4 Å². The van der Waals surface area contributed by atoms with Gasteiger partial charge in [0.05, 0.1) is 5.52 Å². The van der Waals surface area contributed by atoms with E-state index in [-0.39, 0.29) is 0 Å². The second-order valence-corrected chi connectivity index (χ2v) is 5.61. The predicted molar refractivity (Wildman–Crippen MR) is 94.0 cm³/mol. The van der Waals surface area contributed by atoms with Crippen LogP contribution in [0.1, 0.15) is 12.5 Å². The Labute approximate surface area is 131 Å². The molecule has 0 aliphatic rings. The molecule has 0 atom stereocenters. The number of benzene rings is 2. The molecule has 0 saturated carbocycles. The summed E-state index contributed by atoms with van der Waals surface area (Å²) < 4.78 is 0. The Hall–Kier alpha value is -2.68. The van der Waals surface area contributed by atoms with Crippen LogP contribution >= 0.6 is 0 Å². The normalized spacial score (nSPS) is 10.7. The first-order valence-electron chi connectivity index (χ1n) is 7.27. The molecule has 110 valence electrons. The Kier molecular flexibility index (Phi) is 3.63. The van der Waals surface area contributed by atoms with E-state index in [1.807, 2.05) is 62.3 Å². The number of hydrogen-bond acceptors (Lipinski definition) is 3. The summed E-state index contributed by atoms with van der Waals surface area (Å²) in [5, 5.41) is 1.06. The molecule has 1 heterocycles. The lowest BCUT2D eigenvalue weighted by Gasteiger charge is -2.16. The summed E-state index contributed by atoms with van der Waals surface area (Å²) in [4.78, 5) is 11.6. The molecule has 0 saturated heterocycles. The van der Waals surface area contributed by atoms with Crippen molar-refractivity contribution in [2.75, 3.05) is 19.0 Å². The lowest BCUT2D eigenvalue weighted by atomic mass is 10.0. The van der Waals surface area contributed by atoms with E-state index < -0.39 is 0 Å². The smallest absolute Gasteiger partial charge is 0.162 e. The topological polar surface area (TPSA) is 29.0 Å². The first-order valence-corrected chi connectivity index (χ1v) is 7.27. The summed E-state index contributed by atoms with van der Waals surface area (Å²) in [5.74, 6) is 1.66. The number of aromatic nitrogens is 2. The molecule has 3 nitrogen and oxygen atoms in total. The van der Waals surface area contributed by atoms with Crippen molar-refractivity contribution in [2.24, 2.45) is 0 Å². The zero-order valence-electron chi connectivity index (χ0n) is 13.2. The van der Waals surface area contributed by atoms with E-state index in [1.165, 1.54) is 0 Å². The van der Waals surface area contributed by atoms with Gasteiger partial charge in [-0.15, -0.1) is 0 Å². The summed E-state index contributed by atoms with van der Waals surface area (Å²) in [6.07, 6.45) is 0. The Morgan fingerprint density at radius 1 is 0.955 bits per heavy atom. The van der Waals surface area contributed by atoms with Crippen molar-refractivity contribution < 1.29 is 0 Å². The maximum Gasteiger partial charge on any atom is 0.162 e. The van der Waals surface area contributed by atoms with Crippen LogP contribution in [0.4, 0.5) is 5.82 Å². The zero-order chi connectivity index (χ0) is 15.7. The molecule has 0 aliphatic heterocycles. The van der Waals surface area contributed by atoms with E-state index in [0.29, 0.717) is 0 Å². The van der Waals surface area contributed by atoms with Crippen LogP contribution in [0, 0.1) is 0 Å². The van der Waals surface area contributed by atoms with Gasteiger partial charge in [0, 0.05) is 25.0 Å². The molecule has 0 amide bonds. The lowest BCUT2D eigenvalue weighted by molar-refractivity contribution is 1.07. The van der Waals surface area contributed by atoms with Gasteiger partial charge in [0.15, 0.2) is 5.82 Å². The number of rotatable bonds is 3. The van der Waals surface area contributed by atoms with E-state index in [0.717, 1.165) is 39.2 Å². The number of para-hydroxylation sites is 1. The van der Waals surface area contributed by atoms with Crippen molar-refractivity contribution >= 4 is 22.3 Å². The van der Waals surface area contributed by atoms with E-state index in [1.54, 1.807) is 0 Å². The molecule has 0 spiro atoms. The van der Waals surface area contributed by atoms with Gasteiger partial charge in [0.25, 0.3) is 0 Å². The van der Waals surface area contributed by atoms with Crippen molar-refractivity contribution in [3.63, 3.8) is 0 Å². The van der Waals surface area contributed by atoms with Crippen LogP contribution in [0.3, 0.4) is 0 Å². The van der Waals surface area contributed by atoms with Gasteiger partial charge >= 0.3 is 0 Å². The Bertz CT molecular complexity index is 850. The molecule has 3 aromatic rings. The van der Waals surface area contributed by atoms with Crippen LogP contribution in [-0.4, -0.2) is 24.1 Å². The van der Waals surface area contributed by atoms with Crippen LogP contribution in [0.25, 0.3) is 27.9 Å². The van der Waals surface area contributed by atoms with Gasteiger partial charge in [-0.25, -0.2) is 9.97 Å². The molecule has 0 bridgehead atoms. The third kappa shape index (κ3) is 2.46. The summed E-state index contributed by atoms with van der Waals surface area (Å²) in [7, 11) is 4.01. The molecule has 0 unspecified atom stereocenters. The number of allylic oxidation sites excluding steroid dienone is 1. The van der Waals surface area contributed by atoms with Crippen molar-refractivity contribution in [3.05, 3.63) is 60.7 Å². The molecular weight excluding hydrogens is 270 g/mol. The van der Waals surface area contributed by atoms with Gasteiger partial charge in [-0.05, 0) is 24.6 Å². The van der Waals surface area contributed by atoms with E-state index in [2.05, 4.69) is 18.7 Å². The zero-order valence-corrected chi connectivity index (χ0v) is 13.2. The third-order valence-corrected chi connectivity index (χ3v) is 3.63. The third-order valence-electron chi connectivity index (χ3n) is 3.63. The number of hydrogen-bond donors (Lipinski definition) is 0. The predicted octanol–water partition coefficient (Wildman–Crippen LogP) is 4.40. The Morgan fingerprint density at radius 3 is 2.36 bits per heavy atom. The van der Waals surface area contributed by atoms with Crippen LogP contribution in [0.2, 0.25) is 0 Å². The molecule has 3 rings (SSSR count). The summed E-state index contributed by atoms with van der Waals surface area (Å²) in [5.41, 5.74) is 4.07. The molecule has 3 heteroatoms. The molecular formula is C19H19N3. The monoisotopic (exact) mass is 289 g/mol. The van der Waals surface area contributed by atoms with Gasteiger partial charge in [-0.3, -0.25) is 0 Å². The highest BCUT2D eigenvalue weighted by Gasteiger charge is 2.13. The highest BCUT2D eigenvalue weighted by atomic mass is 15.2. The van der Waals surface area contributed by atoms with Gasteiger partial charge in [0.2, 0.25) is 0 Å². The van der Waals surface area contributed by atoms with Gasteiger partial charge < -0.3 is 4.90 Å². The minimum atomic E-state index is 0.737. The van der Waals surface area contributed by atoms with E-state index >= 15 is 0 Å². The maximum atomic E-state index is 4.79. The molecule has 0 N–H and O–H groups in total.